The minimum Gasteiger partial charge on any atom is -0.387 e. The molecule has 1 saturated heterocycles. The number of anilines is 2. The highest BCUT2D eigenvalue weighted by atomic mass is 16.2. The number of rotatable bonds is 5. The van der Waals surface area contributed by atoms with Gasteiger partial charge in [-0.25, -0.2) is 4.79 Å². The Hall–Kier alpha value is -3.78. The van der Waals surface area contributed by atoms with Crippen LogP contribution in [0.25, 0.3) is 10.8 Å². The molecule has 4 N–H and O–H groups in total. The lowest BCUT2D eigenvalue weighted by atomic mass is 9.96. The number of amidine groups is 1. The van der Waals surface area contributed by atoms with Crippen LogP contribution in [0.1, 0.15) is 25.3 Å². The summed E-state index contributed by atoms with van der Waals surface area (Å²) in [5, 5.41) is 7.47. The predicted octanol–water partition coefficient (Wildman–Crippen LogP) is 3.99. The quantitative estimate of drug-likeness (QED) is 0.407. The zero-order valence-electron chi connectivity index (χ0n) is 18.6. The first-order valence-corrected chi connectivity index (χ1v) is 11.0. The second-order valence-electron chi connectivity index (χ2n) is 8.32. The molecule has 4 rings (SSSR count). The lowest BCUT2D eigenvalue weighted by molar-refractivity contribution is -0.114. The van der Waals surface area contributed by atoms with Crippen LogP contribution in [-0.4, -0.2) is 40.7 Å². The molecule has 8 nitrogen and oxygen atoms in total. The van der Waals surface area contributed by atoms with Gasteiger partial charge in [0.15, 0.2) is 0 Å². The maximum Gasteiger partial charge on any atom is 0.347 e. The van der Waals surface area contributed by atoms with Crippen LogP contribution >= 0.6 is 0 Å². The zero-order valence-corrected chi connectivity index (χ0v) is 18.6. The number of amides is 3. The number of hydrogen-bond acceptors (Lipinski definition) is 4. The molecule has 0 saturated carbocycles. The molecule has 0 bridgehead atoms. The minimum atomic E-state index is -0.470. The van der Waals surface area contributed by atoms with E-state index in [9.17, 15) is 9.59 Å². The van der Waals surface area contributed by atoms with Gasteiger partial charge < -0.3 is 16.4 Å². The molecule has 170 valence electrons. The minimum absolute atomic E-state index is 0.0277. The van der Waals surface area contributed by atoms with Gasteiger partial charge in [-0.05, 0) is 49.2 Å². The number of likely N-dealkylation sites (tertiary alicyclic amines) is 1. The number of carbonyl (C=O) groups excluding carboxylic acids is 2. The van der Waals surface area contributed by atoms with Crippen molar-refractivity contribution in [3.05, 3.63) is 66.5 Å². The van der Waals surface area contributed by atoms with Crippen LogP contribution in [0.3, 0.4) is 0 Å². The van der Waals surface area contributed by atoms with Crippen molar-refractivity contribution in [2.45, 2.75) is 26.3 Å². The molecule has 3 amide bonds. The Balaban J connectivity index is 1.37. The van der Waals surface area contributed by atoms with E-state index < -0.39 is 6.03 Å². The first-order chi connectivity index (χ1) is 16.0. The SMILES string of the molecule is CC(=O)Nc1ccc(CN2CCCC(/C(N)=N/C(=O)Nc3cccc4cnccc34)C2)cc1. The van der Waals surface area contributed by atoms with Gasteiger partial charge in [-0.2, -0.15) is 4.99 Å². The molecule has 0 radical (unpaired) electrons. The van der Waals surface area contributed by atoms with Gasteiger partial charge in [0.05, 0.1) is 5.69 Å². The first kappa shape index (κ1) is 22.4. The Morgan fingerprint density at radius 3 is 2.76 bits per heavy atom. The van der Waals surface area contributed by atoms with Crippen molar-refractivity contribution in [1.29, 1.82) is 0 Å². The van der Waals surface area contributed by atoms with E-state index in [0.29, 0.717) is 11.5 Å². The number of benzene rings is 2. The van der Waals surface area contributed by atoms with Crippen LogP contribution in [0.5, 0.6) is 0 Å². The highest BCUT2D eigenvalue weighted by Gasteiger charge is 2.23. The van der Waals surface area contributed by atoms with Crippen molar-refractivity contribution in [2.24, 2.45) is 16.6 Å². The normalized spacial score (nSPS) is 17.0. The zero-order chi connectivity index (χ0) is 23.2. The molecule has 2 heterocycles. The summed E-state index contributed by atoms with van der Waals surface area (Å²) in [4.78, 5) is 34.3. The van der Waals surface area contributed by atoms with Crippen molar-refractivity contribution in [2.75, 3.05) is 23.7 Å². The largest absolute Gasteiger partial charge is 0.387 e. The molecule has 33 heavy (non-hydrogen) atoms. The molecule has 1 atom stereocenters. The predicted molar refractivity (Wildman–Crippen MR) is 131 cm³/mol. The van der Waals surface area contributed by atoms with Crippen LogP contribution < -0.4 is 16.4 Å². The van der Waals surface area contributed by atoms with Crippen molar-refractivity contribution in [3.8, 4) is 0 Å². The van der Waals surface area contributed by atoms with Gasteiger partial charge in [0, 0.05) is 54.8 Å². The van der Waals surface area contributed by atoms with E-state index in [2.05, 4.69) is 25.5 Å². The summed E-state index contributed by atoms with van der Waals surface area (Å²) >= 11 is 0. The summed E-state index contributed by atoms with van der Waals surface area (Å²) in [6.45, 7) is 3.98. The molecule has 3 aromatic rings. The summed E-state index contributed by atoms with van der Waals surface area (Å²) in [7, 11) is 0. The maximum atomic E-state index is 12.6. The lowest BCUT2D eigenvalue weighted by Crippen LogP contribution is -2.41. The molecule has 1 aliphatic heterocycles. The number of nitrogens with zero attached hydrogens (tertiary/aromatic N) is 3. The van der Waals surface area contributed by atoms with Gasteiger partial charge in [-0.1, -0.05) is 24.3 Å². The number of pyridine rings is 1. The number of nitrogens with one attached hydrogen (secondary N) is 2. The number of carbonyl (C=O) groups is 2. The number of nitrogens with two attached hydrogens (primary N) is 1. The van der Waals surface area contributed by atoms with Crippen LogP contribution in [-0.2, 0) is 11.3 Å². The third-order valence-corrected chi connectivity index (χ3v) is 5.76. The Kier molecular flexibility index (Phi) is 6.95. The molecular weight excluding hydrogens is 416 g/mol. The van der Waals surface area contributed by atoms with Gasteiger partial charge in [0.25, 0.3) is 0 Å². The van der Waals surface area contributed by atoms with Gasteiger partial charge in [0.2, 0.25) is 5.91 Å². The van der Waals surface area contributed by atoms with E-state index in [-0.39, 0.29) is 11.8 Å². The fraction of sp³-hybridized carbons (Fsp3) is 0.280. The summed E-state index contributed by atoms with van der Waals surface area (Å²) < 4.78 is 0. The van der Waals surface area contributed by atoms with Crippen LogP contribution in [0.2, 0.25) is 0 Å². The summed E-state index contributed by atoms with van der Waals surface area (Å²) in [6, 6.07) is 14.9. The third-order valence-electron chi connectivity index (χ3n) is 5.76. The molecule has 1 unspecified atom stereocenters. The highest BCUT2D eigenvalue weighted by molar-refractivity contribution is 6.05. The van der Waals surface area contributed by atoms with Gasteiger partial charge in [0.1, 0.15) is 5.84 Å². The lowest BCUT2D eigenvalue weighted by Gasteiger charge is -2.32. The molecular formula is C25H28N6O2. The third kappa shape index (κ3) is 5.93. The average molecular weight is 445 g/mol. The first-order valence-electron chi connectivity index (χ1n) is 11.0. The van der Waals surface area contributed by atoms with E-state index >= 15 is 0 Å². The smallest absolute Gasteiger partial charge is 0.347 e. The van der Waals surface area contributed by atoms with Gasteiger partial charge in [-0.3, -0.25) is 14.7 Å². The molecule has 1 aliphatic rings. The fourth-order valence-corrected chi connectivity index (χ4v) is 4.18. The Bertz CT molecular complexity index is 1170. The standard InChI is InChI=1S/C25H28N6O2/c1-17(32)28-21-9-7-18(8-10-21)15-31-13-3-5-20(16-31)24(26)30-25(33)29-23-6-2-4-19-14-27-12-11-22(19)23/h2,4,6-12,14,20H,3,5,13,15-16H2,1H3,(H,28,32)(H3,26,29,30,33). The summed E-state index contributed by atoms with van der Waals surface area (Å²) in [5.74, 6) is 0.304. The van der Waals surface area contributed by atoms with Gasteiger partial charge >= 0.3 is 6.03 Å². The highest BCUT2D eigenvalue weighted by Crippen LogP contribution is 2.23. The van der Waals surface area contributed by atoms with Crippen LogP contribution in [0.4, 0.5) is 16.2 Å². The number of aliphatic imine (C=N–C) groups is 1. The second-order valence-corrected chi connectivity index (χ2v) is 8.32. The molecule has 1 aromatic heterocycles. The van der Waals surface area contributed by atoms with E-state index in [1.807, 2.05) is 48.5 Å². The number of urea groups is 1. The number of piperidine rings is 1. The van der Waals surface area contributed by atoms with Crippen molar-refractivity contribution >= 4 is 39.9 Å². The molecule has 0 spiro atoms. The second kappa shape index (κ2) is 10.2. The van der Waals surface area contributed by atoms with Crippen LogP contribution in [0.15, 0.2) is 65.9 Å². The molecule has 0 aliphatic carbocycles. The maximum absolute atomic E-state index is 12.6. The summed E-state index contributed by atoms with van der Waals surface area (Å²) in [5.41, 5.74) is 8.88. The Labute approximate surface area is 192 Å². The Morgan fingerprint density at radius 1 is 1.15 bits per heavy atom. The van der Waals surface area contributed by atoms with Crippen molar-refractivity contribution < 1.29 is 9.59 Å². The topological polar surface area (TPSA) is 113 Å². The fourth-order valence-electron chi connectivity index (χ4n) is 4.18. The summed E-state index contributed by atoms with van der Waals surface area (Å²) in [6.07, 6.45) is 5.34. The van der Waals surface area contributed by atoms with E-state index in [1.54, 1.807) is 12.4 Å². The number of fused-ring (bicyclic) bond motifs is 1. The number of aromatic nitrogens is 1. The molecule has 8 heteroatoms. The average Bonchev–Trinajstić information content (AvgIpc) is 2.80. The van der Waals surface area contributed by atoms with Gasteiger partial charge in [-0.15, -0.1) is 0 Å². The van der Waals surface area contributed by atoms with Crippen LogP contribution in [0, 0.1) is 5.92 Å². The van der Waals surface area contributed by atoms with Crippen molar-refractivity contribution in [3.63, 3.8) is 0 Å². The monoisotopic (exact) mass is 444 g/mol. The molecule has 1 fully saturated rings. The Morgan fingerprint density at radius 2 is 1.97 bits per heavy atom. The number of hydrogen-bond donors (Lipinski definition) is 3. The van der Waals surface area contributed by atoms with Crippen molar-refractivity contribution in [1.82, 2.24) is 9.88 Å². The van der Waals surface area contributed by atoms with E-state index in [0.717, 1.165) is 54.5 Å². The molecule has 2 aromatic carbocycles. The van der Waals surface area contributed by atoms with E-state index in [1.165, 1.54) is 6.92 Å². The van der Waals surface area contributed by atoms with E-state index in [4.69, 9.17) is 5.73 Å².